The lowest BCUT2D eigenvalue weighted by molar-refractivity contribution is -0.128. The number of nitrogens with zero attached hydrogens (tertiary/aromatic N) is 4. The Morgan fingerprint density at radius 3 is 2.46 bits per heavy atom. The van der Waals surface area contributed by atoms with Crippen molar-refractivity contribution in [3.63, 3.8) is 0 Å². The normalized spacial score (nSPS) is 17.7. The zero-order valence-corrected chi connectivity index (χ0v) is 20.0. The quantitative estimate of drug-likeness (QED) is 0.605. The van der Waals surface area contributed by atoms with Crippen molar-refractivity contribution in [2.45, 2.75) is 13.0 Å². The third-order valence-corrected chi connectivity index (χ3v) is 6.63. The van der Waals surface area contributed by atoms with Gasteiger partial charge in [-0.3, -0.25) is 4.79 Å². The first-order valence-corrected chi connectivity index (χ1v) is 11.5. The number of anilines is 2. The number of nitrogens with one attached hydrogen (secondary N) is 1. The van der Waals surface area contributed by atoms with E-state index in [0.29, 0.717) is 43.3 Å². The van der Waals surface area contributed by atoms with Gasteiger partial charge in [-0.15, -0.1) is 0 Å². The number of aromatic nitrogens is 2. The van der Waals surface area contributed by atoms with Gasteiger partial charge in [0.05, 0.1) is 26.0 Å². The molecule has 1 fully saturated rings. The van der Waals surface area contributed by atoms with Gasteiger partial charge in [-0.25, -0.2) is 9.07 Å². The Morgan fingerprint density at radius 1 is 1.03 bits per heavy atom. The number of benzene rings is 2. The van der Waals surface area contributed by atoms with E-state index in [1.807, 2.05) is 40.8 Å². The number of carbonyl (C=O) groups is 1. The summed E-state index contributed by atoms with van der Waals surface area (Å²) in [5, 5.41) is 7.86. The molecule has 2 aliphatic heterocycles. The number of halogens is 1. The zero-order chi connectivity index (χ0) is 24.5. The third-order valence-electron chi connectivity index (χ3n) is 6.63. The zero-order valence-electron chi connectivity index (χ0n) is 20.0. The number of piperazine rings is 1. The van der Waals surface area contributed by atoms with Gasteiger partial charge in [0.2, 0.25) is 0 Å². The molecular formula is C26H28FN5O3. The summed E-state index contributed by atoms with van der Waals surface area (Å²) in [6, 6.07) is 13.5. The summed E-state index contributed by atoms with van der Waals surface area (Å²) < 4.78 is 26.2. The molecule has 2 aromatic carbocycles. The molecule has 1 saturated heterocycles. The average molecular weight is 478 g/mol. The van der Waals surface area contributed by atoms with Crippen LogP contribution in [0.5, 0.6) is 11.5 Å². The highest BCUT2D eigenvalue weighted by molar-refractivity contribution is 5.97. The summed E-state index contributed by atoms with van der Waals surface area (Å²) >= 11 is 0. The van der Waals surface area contributed by atoms with Gasteiger partial charge in [0.1, 0.15) is 29.2 Å². The molecule has 5 rings (SSSR count). The second-order valence-corrected chi connectivity index (χ2v) is 8.59. The highest BCUT2D eigenvalue weighted by atomic mass is 19.1. The number of ether oxygens (including phenoxy) is 2. The summed E-state index contributed by atoms with van der Waals surface area (Å²) in [6.45, 7) is 4.37. The number of hydrogen-bond acceptors (Lipinski definition) is 6. The van der Waals surface area contributed by atoms with Gasteiger partial charge in [-0.1, -0.05) is 0 Å². The van der Waals surface area contributed by atoms with Crippen molar-refractivity contribution >= 4 is 17.4 Å². The number of rotatable bonds is 5. The molecule has 1 aromatic heterocycles. The lowest BCUT2D eigenvalue weighted by atomic mass is 9.93. The van der Waals surface area contributed by atoms with Crippen LogP contribution in [0.1, 0.15) is 18.5 Å². The van der Waals surface area contributed by atoms with Crippen LogP contribution in [0.25, 0.3) is 0 Å². The number of hydrogen-bond donors (Lipinski definition) is 1. The molecule has 3 heterocycles. The Hall–Kier alpha value is -4.01. The predicted molar refractivity (Wildman–Crippen MR) is 131 cm³/mol. The van der Waals surface area contributed by atoms with Crippen molar-refractivity contribution in [1.82, 2.24) is 14.7 Å². The molecule has 1 unspecified atom stereocenters. The topological polar surface area (TPSA) is 71.9 Å². The van der Waals surface area contributed by atoms with Crippen molar-refractivity contribution < 1.29 is 18.7 Å². The minimum atomic E-state index is -0.454. The summed E-state index contributed by atoms with van der Waals surface area (Å²) in [5.74, 6) is 1.80. The largest absolute Gasteiger partial charge is 0.497 e. The van der Waals surface area contributed by atoms with Crippen molar-refractivity contribution in [1.29, 1.82) is 0 Å². The van der Waals surface area contributed by atoms with E-state index in [-0.39, 0.29) is 11.7 Å². The molecule has 0 bridgehead atoms. The fourth-order valence-corrected chi connectivity index (χ4v) is 4.80. The number of fused-ring (bicyclic) bond motifs is 1. The fourth-order valence-electron chi connectivity index (χ4n) is 4.80. The highest BCUT2D eigenvalue weighted by Gasteiger charge is 2.37. The minimum Gasteiger partial charge on any atom is -0.497 e. The number of amides is 1. The Labute approximate surface area is 203 Å². The molecule has 35 heavy (non-hydrogen) atoms. The molecule has 1 amide bonds. The van der Waals surface area contributed by atoms with Gasteiger partial charge in [0.15, 0.2) is 0 Å². The molecule has 0 spiro atoms. The first-order chi connectivity index (χ1) is 17.0. The van der Waals surface area contributed by atoms with E-state index in [1.165, 1.54) is 12.1 Å². The molecule has 3 aromatic rings. The van der Waals surface area contributed by atoms with Crippen LogP contribution in [0.2, 0.25) is 0 Å². The summed E-state index contributed by atoms with van der Waals surface area (Å²) in [7, 11) is 3.21. The number of allylic oxidation sites excluding steroid dienone is 1. The summed E-state index contributed by atoms with van der Waals surface area (Å²) in [5.41, 5.74) is 3.19. The average Bonchev–Trinajstić information content (AvgIpc) is 3.36. The van der Waals surface area contributed by atoms with Crippen LogP contribution < -0.4 is 19.7 Å². The second-order valence-electron chi connectivity index (χ2n) is 8.59. The van der Waals surface area contributed by atoms with E-state index >= 15 is 0 Å². The maximum Gasteiger partial charge on any atom is 0.254 e. The maximum absolute atomic E-state index is 13.9. The third kappa shape index (κ3) is 4.18. The summed E-state index contributed by atoms with van der Waals surface area (Å²) in [4.78, 5) is 18.0. The number of methoxy groups -OCH3 is 2. The lowest BCUT2D eigenvalue weighted by Crippen LogP contribution is -2.50. The predicted octanol–water partition coefficient (Wildman–Crippen LogP) is 3.68. The van der Waals surface area contributed by atoms with Crippen LogP contribution in [0.3, 0.4) is 0 Å². The van der Waals surface area contributed by atoms with Gasteiger partial charge in [-0.05, 0) is 43.3 Å². The standard InChI is InChI=1S/C26H28FN5O3/c1-17-24(26(33)31-14-12-30(13-15-31)19-6-4-18(27)5-7-19)25(32-23(29-17)10-11-28-32)21-9-8-20(34-2)16-22(21)35-3/h4-11,16,25,29H,12-15H2,1-3H3. The molecule has 1 atom stereocenters. The minimum absolute atomic E-state index is 0.0437. The molecular weight excluding hydrogens is 449 g/mol. The van der Waals surface area contributed by atoms with Gasteiger partial charge in [0, 0.05) is 55.3 Å². The van der Waals surface area contributed by atoms with E-state index in [2.05, 4.69) is 15.3 Å². The van der Waals surface area contributed by atoms with Crippen LogP contribution in [0, 0.1) is 5.82 Å². The molecule has 0 radical (unpaired) electrons. The molecule has 8 nitrogen and oxygen atoms in total. The molecule has 1 N–H and O–H groups in total. The Balaban J connectivity index is 1.45. The van der Waals surface area contributed by atoms with Gasteiger partial charge in [-0.2, -0.15) is 5.10 Å². The van der Waals surface area contributed by atoms with Crippen molar-refractivity contribution in [3.8, 4) is 11.5 Å². The van der Waals surface area contributed by atoms with Crippen molar-refractivity contribution in [2.24, 2.45) is 0 Å². The smallest absolute Gasteiger partial charge is 0.254 e. The first-order valence-electron chi connectivity index (χ1n) is 11.5. The molecule has 0 aliphatic carbocycles. The second kappa shape index (κ2) is 9.32. The van der Waals surface area contributed by atoms with E-state index in [0.717, 1.165) is 22.8 Å². The van der Waals surface area contributed by atoms with Crippen LogP contribution in [-0.2, 0) is 4.79 Å². The van der Waals surface area contributed by atoms with Crippen LogP contribution in [0.15, 0.2) is 66.0 Å². The summed E-state index contributed by atoms with van der Waals surface area (Å²) in [6.07, 6.45) is 1.72. The maximum atomic E-state index is 13.9. The van der Waals surface area contributed by atoms with Crippen LogP contribution in [-0.4, -0.2) is 61.0 Å². The van der Waals surface area contributed by atoms with Crippen LogP contribution in [0.4, 0.5) is 15.9 Å². The highest BCUT2D eigenvalue weighted by Crippen LogP contribution is 2.41. The Bertz CT molecular complexity index is 1260. The van der Waals surface area contributed by atoms with E-state index in [1.54, 1.807) is 32.5 Å². The van der Waals surface area contributed by atoms with Crippen LogP contribution >= 0.6 is 0 Å². The molecule has 0 saturated carbocycles. The Morgan fingerprint density at radius 2 is 1.77 bits per heavy atom. The van der Waals surface area contributed by atoms with Gasteiger partial charge in [0.25, 0.3) is 5.91 Å². The van der Waals surface area contributed by atoms with E-state index in [9.17, 15) is 9.18 Å². The SMILES string of the molecule is COc1ccc(C2C(C(=O)N3CCN(c4ccc(F)cc4)CC3)=C(C)Nc3ccnn32)c(OC)c1. The molecule has 182 valence electrons. The van der Waals surface area contributed by atoms with Gasteiger partial charge >= 0.3 is 0 Å². The lowest BCUT2D eigenvalue weighted by Gasteiger charge is -2.38. The first kappa shape index (κ1) is 22.8. The Kier molecular flexibility index (Phi) is 6.07. The van der Waals surface area contributed by atoms with Crippen molar-refractivity contribution in [3.05, 3.63) is 77.4 Å². The van der Waals surface area contributed by atoms with Crippen molar-refractivity contribution in [2.75, 3.05) is 50.6 Å². The fraction of sp³-hybridized carbons (Fsp3) is 0.308. The van der Waals surface area contributed by atoms with Gasteiger partial charge < -0.3 is 24.6 Å². The molecule has 2 aliphatic rings. The number of carbonyl (C=O) groups excluding carboxylic acids is 1. The van der Waals surface area contributed by atoms with E-state index < -0.39 is 6.04 Å². The monoisotopic (exact) mass is 477 g/mol. The van der Waals surface area contributed by atoms with E-state index in [4.69, 9.17) is 9.47 Å². The molecule has 9 heteroatoms.